The van der Waals surface area contributed by atoms with Gasteiger partial charge >= 0.3 is 5.97 Å². The average molecular weight is 571 g/mol. The lowest BCUT2D eigenvalue weighted by atomic mass is 10.0. The largest absolute Gasteiger partial charge is 0.496 e. The number of carbonyl (C=O) groups is 1. The van der Waals surface area contributed by atoms with Crippen LogP contribution in [0.15, 0.2) is 84.1 Å². The highest BCUT2D eigenvalue weighted by Gasteiger charge is 2.25. The number of aromatic nitrogens is 3. The Morgan fingerprint density at radius 2 is 1.61 bits per heavy atom. The van der Waals surface area contributed by atoms with Gasteiger partial charge in [-0.2, -0.15) is 0 Å². The standard InChI is InChI=1S/C31H30N4O5S/c1-5-34(6-2)29-26(31(36)37)16-22(17-32-29)21-15-25-27(24-9-7-8-10-28(24)40-4)19-35(30(25)33-18-21)41(38,39)23-13-11-20(3)12-14-23/h7-19H,5-6H2,1-4H3,(H,36,37). The number of pyridine rings is 2. The number of hydrogen-bond donors (Lipinski definition) is 1. The molecule has 3 heterocycles. The predicted molar refractivity (Wildman–Crippen MR) is 159 cm³/mol. The molecule has 2 aromatic carbocycles. The predicted octanol–water partition coefficient (Wildman–Crippen LogP) is 5.86. The molecule has 0 unspecified atom stereocenters. The zero-order valence-electron chi connectivity index (χ0n) is 23.2. The molecule has 3 aromatic heterocycles. The fraction of sp³-hybridized carbons (Fsp3) is 0.194. The summed E-state index contributed by atoms with van der Waals surface area (Å²) in [5.74, 6) is -0.117. The van der Waals surface area contributed by atoms with Gasteiger partial charge < -0.3 is 14.7 Å². The molecular weight excluding hydrogens is 540 g/mol. The van der Waals surface area contributed by atoms with Gasteiger partial charge in [0, 0.05) is 59.3 Å². The number of carboxylic acid groups (broad SMARTS) is 1. The summed E-state index contributed by atoms with van der Waals surface area (Å²) in [5, 5.41) is 10.5. The summed E-state index contributed by atoms with van der Waals surface area (Å²) in [5.41, 5.74) is 3.71. The topological polar surface area (TPSA) is 115 Å². The van der Waals surface area contributed by atoms with E-state index in [1.165, 1.54) is 10.2 Å². The van der Waals surface area contributed by atoms with Crippen LogP contribution < -0.4 is 9.64 Å². The van der Waals surface area contributed by atoms with Gasteiger partial charge in [0.2, 0.25) is 0 Å². The van der Waals surface area contributed by atoms with Crippen molar-refractivity contribution >= 4 is 32.8 Å². The molecule has 0 aliphatic heterocycles. The molecule has 1 N–H and O–H groups in total. The molecule has 0 bridgehead atoms. The minimum atomic E-state index is -3.99. The molecule has 0 spiro atoms. The van der Waals surface area contributed by atoms with Crippen LogP contribution in [0, 0.1) is 6.92 Å². The number of fused-ring (bicyclic) bond motifs is 1. The molecule has 41 heavy (non-hydrogen) atoms. The zero-order valence-corrected chi connectivity index (χ0v) is 24.0. The number of hydrogen-bond acceptors (Lipinski definition) is 7. The van der Waals surface area contributed by atoms with E-state index in [0.29, 0.717) is 52.3 Å². The van der Waals surface area contributed by atoms with Crippen LogP contribution in [0.4, 0.5) is 5.82 Å². The number of rotatable bonds is 9. The minimum absolute atomic E-state index is 0.0794. The highest BCUT2D eigenvalue weighted by molar-refractivity contribution is 7.90. The number of nitrogens with zero attached hydrogens (tertiary/aromatic N) is 4. The van der Waals surface area contributed by atoms with Crippen LogP contribution in [-0.2, 0) is 10.0 Å². The molecule has 0 aliphatic carbocycles. The third kappa shape index (κ3) is 5.02. The van der Waals surface area contributed by atoms with E-state index in [0.717, 1.165) is 5.56 Å². The minimum Gasteiger partial charge on any atom is -0.496 e. The lowest BCUT2D eigenvalue weighted by Gasteiger charge is -2.21. The first-order valence-electron chi connectivity index (χ1n) is 13.1. The summed E-state index contributed by atoms with van der Waals surface area (Å²) >= 11 is 0. The highest BCUT2D eigenvalue weighted by atomic mass is 32.2. The first kappa shape index (κ1) is 27.9. The SMILES string of the molecule is CCN(CC)c1ncc(-c2cnc3c(c2)c(-c2ccccc2OC)cn3S(=O)(=O)c2ccc(C)cc2)cc1C(=O)O. The second-order valence-corrected chi connectivity index (χ2v) is 11.3. The van der Waals surface area contributed by atoms with Crippen molar-refractivity contribution in [3.63, 3.8) is 0 Å². The Kier molecular flexibility index (Phi) is 7.51. The lowest BCUT2D eigenvalue weighted by molar-refractivity contribution is 0.0697. The third-order valence-corrected chi connectivity index (χ3v) is 8.74. The number of anilines is 1. The number of aromatic carboxylic acids is 1. The van der Waals surface area contributed by atoms with Gasteiger partial charge in [-0.15, -0.1) is 0 Å². The van der Waals surface area contributed by atoms with E-state index in [9.17, 15) is 18.3 Å². The maximum atomic E-state index is 13.8. The van der Waals surface area contributed by atoms with Crippen molar-refractivity contribution in [3.05, 3.63) is 90.4 Å². The Labute approximate surface area is 238 Å². The Morgan fingerprint density at radius 1 is 0.951 bits per heavy atom. The second kappa shape index (κ2) is 11.1. The van der Waals surface area contributed by atoms with Gasteiger partial charge in [-0.3, -0.25) is 0 Å². The van der Waals surface area contributed by atoms with Crippen molar-refractivity contribution in [2.24, 2.45) is 0 Å². The summed E-state index contributed by atoms with van der Waals surface area (Å²) in [6.07, 6.45) is 4.71. The first-order valence-corrected chi connectivity index (χ1v) is 14.6. The molecule has 0 saturated heterocycles. The molecule has 5 aromatic rings. The van der Waals surface area contributed by atoms with Crippen LogP contribution in [0.3, 0.4) is 0 Å². The van der Waals surface area contributed by atoms with E-state index in [2.05, 4.69) is 9.97 Å². The van der Waals surface area contributed by atoms with E-state index >= 15 is 0 Å². The highest BCUT2D eigenvalue weighted by Crippen LogP contribution is 2.39. The molecule has 0 amide bonds. The van der Waals surface area contributed by atoms with Gasteiger partial charge in [0.15, 0.2) is 5.65 Å². The van der Waals surface area contributed by atoms with Gasteiger partial charge in [-0.1, -0.05) is 35.9 Å². The van der Waals surface area contributed by atoms with E-state index in [-0.39, 0.29) is 16.1 Å². The first-order chi connectivity index (χ1) is 19.7. The molecule has 0 aliphatic rings. The number of ether oxygens (including phenoxy) is 1. The van der Waals surface area contributed by atoms with Crippen LogP contribution in [0.25, 0.3) is 33.3 Å². The number of benzene rings is 2. The molecule has 9 nitrogen and oxygen atoms in total. The summed E-state index contributed by atoms with van der Waals surface area (Å²) in [7, 11) is -2.43. The normalized spacial score (nSPS) is 11.5. The Hall–Kier alpha value is -4.70. The van der Waals surface area contributed by atoms with Crippen molar-refractivity contribution in [3.8, 4) is 28.0 Å². The Bertz CT molecular complexity index is 1860. The van der Waals surface area contributed by atoms with Crippen LogP contribution in [-0.4, -0.2) is 53.6 Å². The third-order valence-electron chi connectivity index (χ3n) is 7.08. The maximum absolute atomic E-state index is 13.8. The molecule has 0 fully saturated rings. The van der Waals surface area contributed by atoms with Crippen molar-refractivity contribution in [2.75, 3.05) is 25.1 Å². The second-order valence-electron chi connectivity index (χ2n) is 9.52. The number of carboxylic acids is 1. The van der Waals surface area contributed by atoms with Crippen LogP contribution in [0.1, 0.15) is 29.8 Å². The van der Waals surface area contributed by atoms with Gasteiger partial charge in [-0.05, 0) is 51.1 Å². The quantitative estimate of drug-likeness (QED) is 0.234. The van der Waals surface area contributed by atoms with Gasteiger partial charge in [-0.25, -0.2) is 27.2 Å². The van der Waals surface area contributed by atoms with Crippen molar-refractivity contribution in [1.82, 2.24) is 13.9 Å². The van der Waals surface area contributed by atoms with E-state index in [4.69, 9.17) is 4.74 Å². The summed E-state index contributed by atoms with van der Waals surface area (Å²) < 4.78 is 34.4. The number of methoxy groups -OCH3 is 1. The summed E-state index contributed by atoms with van der Waals surface area (Å²) in [4.78, 5) is 23.3. The van der Waals surface area contributed by atoms with Gasteiger partial charge in [0.05, 0.1) is 12.0 Å². The van der Waals surface area contributed by atoms with E-state index in [1.54, 1.807) is 55.9 Å². The molecule has 0 radical (unpaired) electrons. The van der Waals surface area contributed by atoms with Crippen molar-refractivity contribution < 1.29 is 23.1 Å². The van der Waals surface area contributed by atoms with E-state index in [1.807, 2.05) is 49.9 Å². The summed E-state index contributed by atoms with van der Waals surface area (Å²) in [6, 6.07) is 17.4. The molecule has 5 rings (SSSR count). The summed E-state index contributed by atoms with van der Waals surface area (Å²) in [6.45, 7) is 7.00. The Morgan fingerprint density at radius 3 is 2.27 bits per heavy atom. The molecular formula is C31H30N4O5S. The van der Waals surface area contributed by atoms with Gasteiger partial charge in [0.1, 0.15) is 17.1 Å². The monoisotopic (exact) mass is 570 g/mol. The fourth-order valence-electron chi connectivity index (χ4n) is 4.87. The zero-order chi connectivity index (χ0) is 29.3. The molecule has 0 saturated carbocycles. The average Bonchev–Trinajstić information content (AvgIpc) is 3.37. The van der Waals surface area contributed by atoms with E-state index < -0.39 is 16.0 Å². The molecule has 10 heteroatoms. The van der Waals surface area contributed by atoms with Crippen LogP contribution in [0.2, 0.25) is 0 Å². The Balaban J connectivity index is 1.75. The molecule has 0 atom stereocenters. The number of aryl methyl sites for hydroxylation is 1. The maximum Gasteiger partial charge on any atom is 0.339 e. The smallest absolute Gasteiger partial charge is 0.339 e. The van der Waals surface area contributed by atoms with Crippen molar-refractivity contribution in [2.45, 2.75) is 25.7 Å². The lowest BCUT2D eigenvalue weighted by Crippen LogP contribution is -2.25. The fourth-order valence-corrected chi connectivity index (χ4v) is 6.20. The van der Waals surface area contributed by atoms with Crippen LogP contribution >= 0.6 is 0 Å². The molecule has 210 valence electrons. The van der Waals surface area contributed by atoms with Crippen molar-refractivity contribution in [1.29, 1.82) is 0 Å². The number of para-hydroxylation sites is 1. The van der Waals surface area contributed by atoms with Crippen LogP contribution in [0.5, 0.6) is 5.75 Å². The van der Waals surface area contributed by atoms with Gasteiger partial charge in [0.25, 0.3) is 10.0 Å².